The molecular weight excluding hydrogens is 268 g/mol. The smallest absolute Gasteiger partial charge is 0.231 e. The molecule has 0 aromatic heterocycles. The molecule has 5 nitrogen and oxygen atoms in total. The molecule has 3 N–H and O–H groups in total. The number of aliphatic hydroxyl groups is 1. The number of aliphatic hydroxyl groups excluding tert-OH is 1. The summed E-state index contributed by atoms with van der Waals surface area (Å²) in [6, 6.07) is 5.74. The summed E-state index contributed by atoms with van der Waals surface area (Å²) in [7, 11) is 1.59. The molecule has 114 valence electrons. The van der Waals surface area contributed by atoms with Gasteiger partial charge < -0.3 is 15.6 Å². The third-order valence-corrected chi connectivity index (χ3v) is 2.96. The Morgan fingerprint density at radius 3 is 2.81 bits per heavy atom. The maximum absolute atomic E-state index is 11.0. The van der Waals surface area contributed by atoms with Crippen LogP contribution >= 0.6 is 0 Å². The number of likely N-dealkylation sites (N-methyl/N-ethyl adjacent to an activating group) is 1. The van der Waals surface area contributed by atoms with Crippen LogP contribution in [0.4, 0.5) is 0 Å². The fourth-order valence-corrected chi connectivity index (χ4v) is 1.92. The Labute approximate surface area is 125 Å². The fourth-order valence-electron chi connectivity index (χ4n) is 1.92. The number of methoxy groups -OCH3 is 1. The molecule has 0 aliphatic rings. The van der Waals surface area contributed by atoms with Gasteiger partial charge in [0.25, 0.3) is 0 Å². The summed E-state index contributed by atoms with van der Waals surface area (Å²) < 4.78 is 5.27. The van der Waals surface area contributed by atoms with Crippen LogP contribution in [0.15, 0.2) is 18.2 Å². The van der Waals surface area contributed by atoms with Crippen molar-refractivity contribution >= 4 is 5.91 Å². The predicted octanol–water partition coefficient (Wildman–Crippen LogP) is 0.736. The van der Waals surface area contributed by atoms with Crippen LogP contribution in [0.25, 0.3) is 0 Å². The van der Waals surface area contributed by atoms with Gasteiger partial charge in [-0.05, 0) is 24.2 Å². The molecule has 0 atom stereocenters. The Balaban J connectivity index is 2.91. The van der Waals surface area contributed by atoms with E-state index < -0.39 is 0 Å². The lowest BCUT2D eigenvalue weighted by Gasteiger charge is -2.19. The number of amides is 1. The number of primary amides is 1. The summed E-state index contributed by atoms with van der Waals surface area (Å²) in [4.78, 5) is 13.0. The molecule has 0 radical (unpaired) electrons. The first-order valence-electron chi connectivity index (χ1n) is 6.88. The number of nitrogens with two attached hydrogens (primary N) is 1. The number of nitrogens with zero attached hydrogens (tertiary/aromatic N) is 1. The number of rotatable bonds is 7. The van der Waals surface area contributed by atoms with Gasteiger partial charge >= 0.3 is 0 Å². The minimum atomic E-state index is -0.340. The molecule has 0 fully saturated rings. The summed E-state index contributed by atoms with van der Waals surface area (Å²) in [6.07, 6.45) is 0.427. The molecule has 0 aliphatic carbocycles. The van der Waals surface area contributed by atoms with E-state index in [1.54, 1.807) is 7.11 Å². The second-order valence-electron chi connectivity index (χ2n) is 4.58. The number of hydrogen-bond donors (Lipinski definition) is 2. The van der Waals surface area contributed by atoms with Gasteiger partial charge in [-0.1, -0.05) is 24.8 Å². The molecule has 0 saturated carbocycles. The largest absolute Gasteiger partial charge is 0.495 e. The summed E-state index contributed by atoms with van der Waals surface area (Å²) in [5.74, 6) is 6.23. The molecule has 0 heterocycles. The molecular formula is C16H22N2O3. The molecule has 0 aliphatic heterocycles. The average Bonchev–Trinajstić information content (AvgIpc) is 2.46. The van der Waals surface area contributed by atoms with E-state index in [-0.39, 0.29) is 19.1 Å². The van der Waals surface area contributed by atoms with Gasteiger partial charge in [-0.15, -0.1) is 0 Å². The van der Waals surface area contributed by atoms with Crippen LogP contribution in [0.2, 0.25) is 0 Å². The van der Waals surface area contributed by atoms with Crippen molar-refractivity contribution in [1.82, 2.24) is 4.90 Å². The summed E-state index contributed by atoms with van der Waals surface area (Å²) in [6.45, 7) is 3.61. The molecule has 1 amide bonds. The van der Waals surface area contributed by atoms with Gasteiger partial charge in [0, 0.05) is 13.0 Å². The maximum atomic E-state index is 11.0. The SMILES string of the molecule is CCN(CC(N)=O)Cc1ccc(OC)c(C#CCCO)c1. The standard InChI is InChI=1S/C16H22N2O3/c1-3-18(12-16(17)20)11-13-7-8-15(21-2)14(10-13)6-4-5-9-19/h7-8,10,19H,3,5,9,11-12H2,1-2H3,(H2,17,20). The quantitative estimate of drug-likeness (QED) is 0.726. The molecule has 5 heteroatoms. The van der Waals surface area contributed by atoms with Gasteiger partial charge in [0.1, 0.15) is 5.75 Å². The highest BCUT2D eigenvalue weighted by molar-refractivity contribution is 5.75. The zero-order valence-electron chi connectivity index (χ0n) is 12.6. The van der Waals surface area contributed by atoms with Crippen molar-refractivity contribution in [1.29, 1.82) is 0 Å². The van der Waals surface area contributed by atoms with Crippen molar-refractivity contribution in [2.45, 2.75) is 19.9 Å². The van der Waals surface area contributed by atoms with Gasteiger partial charge in [-0.3, -0.25) is 9.69 Å². The predicted molar refractivity (Wildman–Crippen MR) is 81.7 cm³/mol. The van der Waals surface area contributed by atoms with Crippen LogP contribution in [0, 0.1) is 11.8 Å². The lowest BCUT2D eigenvalue weighted by molar-refractivity contribution is -0.119. The first-order valence-corrected chi connectivity index (χ1v) is 6.88. The molecule has 0 unspecified atom stereocenters. The van der Waals surface area contributed by atoms with E-state index in [9.17, 15) is 4.79 Å². The van der Waals surface area contributed by atoms with Crippen LogP contribution in [0.5, 0.6) is 5.75 Å². The Bertz CT molecular complexity index is 532. The maximum Gasteiger partial charge on any atom is 0.231 e. The molecule has 0 saturated heterocycles. The van der Waals surface area contributed by atoms with Gasteiger partial charge in [-0.2, -0.15) is 0 Å². The number of benzene rings is 1. The number of hydrogen-bond acceptors (Lipinski definition) is 4. The van der Waals surface area contributed by atoms with E-state index >= 15 is 0 Å². The van der Waals surface area contributed by atoms with Crippen molar-refractivity contribution in [3.05, 3.63) is 29.3 Å². The van der Waals surface area contributed by atoms with Gasteiger partial charge in [0.15, 0.2) is 0 Å². The third-order valence-electron chi connectivity index (χ3n) is 2.96. The number of carbonyl (C=O) groups is 1. The van der Waals surface area contributed by atoms with E-state index in [2.05, 4.69) is 11.8 Å². The zero-order chi connectivity index (χ0) is 15.7. The lowest BCUT2D eigenvalue weighted by atomic mass is 10.1. The first-order chi connectivity index (χ1) is 10.1. The zero-order valence-corrected chi connectivity index (χ0v) is 12.6. The number of ether oxygens (including phenoxy) is 1. The Morgan fingerprint density at radius 2 is 2.24 bits per heavy atom. The number of carbonyl (C=O) groups excluding carboxylic acids is 1. The Hall–Kier alpha value is -2.03. The summed E-state index contributed by atoms with van der Waals surface area (Å²) in [5, 5.41) is 8.78. The normalized spacial score (nSPS) is 10.1. The van der Waals surface area contributed by atoms with Gasteiger partial charge in [0.2, 0.25) is 5.91 Å². The molecule has 21 heavy (non-hydrogen) atoms. The third kappa shape index (κ3) is 5.86. The first kappa shape index (κ1) is 17.0. The Morgan fingerprint density at radius 1 is 1.48 bits per heavy atom. The second-order valence-corrected chi connectivity index (χ2v) is 4.58. The van der Waals surface area contributed by atoms with Crippen LogP contribution in [-0.4, -0.2) is 42.7 Å². The van der Waals surface area contributed by atoms with Crippen molar-refractivity contribution < 1.29 is 14.6 Å². The van der Waals surface area contributed by atoms with Gasteiger partial charge in [0.05, 0.1) is 25.8 Å². The molecule has 0 bridgehead atoms. The van der Waals surface area contributed by atoms with Crippen LogP contribution in [0.1, 0.15) is 24.5 Å². The fraction of sp³-hybridized carbons (Fsp3) is 0.438. The van der Waals surface area contributed by atoms with Crippen molar-refractivity contribution in [2.24, 2.45) is 5.73 Å². The topological polar surface area (TPSA) is 75.8 Å². The molecule has 1 rings (SSSR count). The minimum Gasteiger partial charge on any atom is -0.495 e. The van der Waals surface area contributed by atoms with E-state index in [4.69, 9.17) is 15.6 Å². The van der Waals surface area contributed by atoms with Crippen LogP contribution in [0.3, 0.4) is 0 Å². The highest BCUT2D eigenvalue weighted by Gasteiger charge is 2.09. The minimum absolute atomic E-state index is 0.0389. The van der Waals surface area contributed by atoms with Crippen LogP contribution < -0.4 is 10.5 Å². The highest BCUT2D eigenvalue weighted by Crippen LogP contribution is 2.19. The highest BCUT2D eigenvalue weighted by atomic mass is 16.5. The van der Waals surface area contributed by atoms with E-state index in [0.29, 0.717) is 18.7 Å². The summed E-state index contributed by atoms with van der Waals surface area (Å²) >= 11 is 0. The van der Waals surface area contributed by atoms with Crippen LogP contribution in [-0.2, 0) is 11.3 Å². The summed E-state index contributed by atoms with van der Waals surface area (Å²) in [5.41, 5.74) is 7.04. The Kier molecular flexibility index (Phi) is 7.30. The monoisotopic (exact) mass is 290 g/mol. The molecule has 1 aromatic rings. The van der Waals surface area contributed by atoms with Crippen molar-refractivity contribution in [3.63, 3.8) is 0 Å². The van der Waals surface area contributed by atoms with E-state index in [1.807, 2.05) is 30.0 Å². The van der Waals surface area contributed by atoms with E-state index in [0.717, 1.165) is 17.7 Å². The molecule has 0 spiro atoms. The second kappa shape index (κ2) is 9.01. The van der Waals surface area contributed by atoms with E-state index in [1.165, 1.54) is 0 Å². The average molecular weight is 290 g/mol. The van der Waals surface area contributed by atoms with Crippen molar-refractivity contribution in [2.75, 3.05) is 26.8 Å². The van der Waals surface area contributed by atoms with Crippen molar-refractivity contribution in [3.8, 4) is 17.6 Å². The molecule has 1 aromatic carbocycles. The lowest BCUT2D eigenvalue weighted by Crippen LogP contribution is -2.33. The van der Waals surface area contributed by atoms with Gasteiger partial charge in [-0.25, -0.2) is 0 Å².